The van der Waals surface area contributed by atoms with Gasteiger partial charge in [-0.3, -0.25) is 4.79 Å². The van der Waals surface area contributed by atoms with E-state index >= 15 is 0 Å². The first-order chi connectivity index (χ1) is 5.46. The van der Waals surface area contributed by atoms with E-state index in [-0.39, 0.29) is 11.8 Å². The van der Waals surface area contributed by atoms with Gasteiger partial charge >= 0.3 is 5.97 Å². The second-order valence-electron chi connectivity index (χ2n) is 4.16. The summed E-state index contributed by atoms with van der Waals surface area (Å²) in [6, 6.07) is 0. The first kappa shape index (κ1) is 9.30. The minimum absolute atomic E-state index is 0.0162. The van der Waals surface area contributed by atoms with Crippen molar-refractivity contribution in [2.75, 3.05) is 0 Å². The molecule has 0 spiro atoms. The molecule has 0 aliphatic heterocycles. The molecule has 0 saturated heterocycles. The zero-order valence-electron chi connectivity index (χ0n) is 7.76. The minimum atomic E-state index is -0.691. The molecule has 2 heteroatoms. The quantitative estimate of drug-likeness (QED) is 0.657. The Morgan fingerprint density at radius 3 is 2.58 bits per heavy atom. The van der Waals surface area contributed by atoms with Crippen molar-refractivity contribution in [3.63, 3.8) is 0 Å². The Morgan fingerprint density at radius 1 is 1.75 bits per heavy atom. The van der Waals surface area contributed by atoms with Crippen LogP contribution in [0.2, 0.25) is 0 Å². The molecule has 1 aliphatic carbocycles. The van der Waals surface area contributed by atoms with Crippen molar-refractivity contribution in [2.45, 2.75) is 33.1 Å². The number of carboxylic acids is 1. The molecule has 0 heterocycles. The van der Waals surface area contributed by atoms with E-state index in [1.165, 1.54) is 0 Å². The summed E-state index contributed by atoms with van der Waals surface area (Å²) in [7, 11) is 0. The Morgan fingerprint density at radius 2 is 2.33 bits per heavy atom. The Hall–Kier alpha value is -0.790. The zero-order valence-corrected chi connectivity index (χ0v) is 7.76. The summed E-state index contributed by atoms with van der Waals surface area (Å²) >= 11 is 0. The Kier molecular flexibility index (Phi) is 2.27. The van der Waals surface area contributed by atoms with Crippen molar-refractivity contribution in [2.24, 2.45) is 11.3 Å². The molecule has 0 amide bonds. The number of hydrogen-bond acceptors (Lipinski definition) is 1. The van der Waals surface area contributed by atoms with E-state index in [1.54, 1.807) is 0 Å². The van der Waals surface area contributed by atoms with Crippen LogP contribution in [0.5, 0.6) is 0 Å². The van der Waals surface area contributed by atoms with Gasteiger partial charge in [0, 0.05) is 0 Å². The van der Waals surface area contributed by atoms with Crippen LogP contribution in [-0.2, 0) is 4.79 Å². The molecule has 2 nitrogen and oxygen atoms in total. The van der Waals surface area contributed by atoms with Crippen molar-refractivity contribution >= 4 is 5.97 Å². The maximum atomic E-state index is 10.5. The maximum Gasteiger partial charge on any atom is 0.303 e. The zero-order chi connectivity index (χ0) is 9.35. The molecule has 1 saturated carbocycles. The number of allylic oxidation sites excluding steroid dienone is 1. The third kappa shape index (κ3) is 1.52. The van der Waals surface area contributed by atoms with Crippen LogP contribution in [0.3, 0.4) is 0 Å². The van der Waals surface area contributed by atoms with Gasteiger partial charge in [-0.25, -0.2) is 0 Å². The van der Waals surface area contributed by atoms with Gasteiger partial charge in [0.2, 0.25) is 0 Å². The van der Waals surface area contributed by atoms with Crippen molar-refractivity contribution in [1.29, 1.82) is 0 Å². The fourth-order valence-electron chi connectivity index (χ4n) is 2.18. The summed E-state index contributed by atoms with van der Waals surface area (Å²) in [6.07, 6.45) is 2.42. The summed E-state index contributed by atoms with van der Waals surface area (Å²) in [5, 5.41) is 8.68. The Balaban J connectivity index is 2.60. The van der Waals surface area contributed by atoms with Crippen LogP contribution in [0.4, 0.5) is 0 Å². The minimum Gasteiger partial charge on any atom is -0.481 e. The number of carbonyl (C=O) groups is 1. The number of rotatable bonds is 3. The fourth-order valence-corrected chi connectivity index (χ4v) is 2.18. The third-order valence-electron chi connectivity index (χ3n) is 3.00. The smallest absolute Gasteiger partial charge is 0.303 e. The van der Waals surface area contributed by atoms with Crippen LogP contribution < -0.4 is 0 Å². The van der Waals surface area contributed by atoms with Gasteiger partial charge < -0.3 is 5.11 Å². The molecule has 68 valence electrons. The van der Waals surface area contributed by atoms with E-state index in [0.717, 1.165) is 18.4 Å². The molecule has 1 fully saturated rings. The van der Waals surface area contributed by atoms with Gasteiger partial charge in [-0.2, -0.15) is 0 Å². The maximum absolute atomic E-state index is 10.5. The summed E-state index contributed by atoms with van der Waals surface area (Å²) in [4.78, 5) is 10.5. The predicted octanol–water partition coefficient (Wildman–Crippen LogP) is 2.45. The molecule has 2 atom stereocenters. The second kappa shape index (κ2) is 2.92. The van der Waals surface area contributed by atoms with Gasteiger partial charge in [0.05, 0.1) is 6.42 Å². The van der Waals surface area contributed by atoms with E-state index < -0.39 is 5.97 Å². The van der Waals surface area contributed by atoms with Crippen molar-refractivity contribution in [3.8, 4) is 0 Å². The van der Waals surface area contributed by atoms with E-state index in [1.807, 2.05) is 13.8 Å². The van der Waals surface area contributed by atoms with Gasteiger partial charge in [0.1, 0.15) is 0 Å². The SMILES string of the molecule is C=C(C)C1CCC1(C)CC(=O)O. The van der Waals surface area contributed by atoms with Crippen LogP contribution in [0.25, 0.3) is 0 Å². The van der Waals surface area contributed by atoms with Crippen molar-refractivity contribution in [3.05, 3.63) is 12.2 Å². The van der Waals surface area contributed by atoms with E-state index in [4.69, 9.17) is 5.11 Å². The molecule has 1 N–H and O–H groups in total. The Bertz CT molecular complexity index is 220. The van der Waals surface area contributed by atoms with Gasteiger partial charge in [0.15, 0.2) is 0 Å². The first-order valence-corrected chi connectivity index (χ1v) is 4.33. The first-order valence-electron chi connectivity index (χ1n) is 4.33. The Labute approximate surface area is 73.3 Å². The van der Waals surface area contributed by atoms with Crippen LogP contribution in [0.15, 0.2) is 12.2 Å². The molecule has 1 rings (SSSR count). The normalized spacial score (nSPS) is 34.0. The number of aliphatic carboxylic acids is 1. The van der Waals surface area contributed by atoms with Crippen LogP contribution in [0, 0.1) is 11.3 Å². The molecule has 0 bridgehead atoms. The van der Waals surface area contributed by atoms with Crippen LogP contribution in [0.1, 0.15) is 33.1 Å². The fraction of sp³-hybridized carbons (Fsp3) is 0.700. The molecule has 0 aromatic carbocycles. The summed E-state index contributed by atoms with van der Waals surface area (Å²) in [5.41, 5.74) is 1.11. The molecular formula is C10H16O2. The lowest BCUT2D eigenvalue weighted by Gasteiger charge is -2.47. The molecule has 1 aliphatic rings. The van der Waals surface area contributed by atoms with Gasteiger partial charge in [0.25, 0.3) is 0 Å². The summed E-state index contributed by atoms with van der Waals surface area (Å²) < 4.78 is 0. The average Bonchev–Trinajstić information content (AvgIpc) is 1.82. The summed E-state index contributed by atoms with van der Waals surface area (Å²) in [5.74, 6) is -0.267. The lowest BCUT2D eigenvalue weighted by atomic mass is 9.57. The molecule has 12 heavy (non-hydrogen) atoms. The van der Waals surface area contributed by atoms with Crippen LogP contribution in [-0.4, -0.2) is 11.1 Å². The largest absolute Gasteiger partial charge is 0.481 e. The predicted molar refractivity (Wildman–Crippen MR) is 47.9 cm³/mol. The third-order valence-corrected chi connectivity index (χ3v) is 3.00. The lowest BCUT2D eigenvalue weighted by molar-refractivity contribution is -0.142. The molecule has 0 radical (unpaired) electrons. The summed E-state index contributed by atoms with van der Waals surface area (Å²) in [6.45, 7) is 7.92. The highest BCUT2D eigenvalue weighted by Gasteiger charge is 2.44. The van der Waals surface area contributed by atoms with Crippen LogP contribution >= 0.6 is 0 Å². The topological polar surface area (TPSA) is 37.3 Å². The molecule has 0 aromatic rings. The average molecular weight is 168 g/mol. The molecule has 0 aromatic heterocycles. The van der Waals surface area contributed by atoms with Crippen molar-refractivity contribution in [1.82, 2.24) is 0 Å². The standard InChI is InChI=1S/C10H16O2/c1-7(2)8-4-5-10(8,3)6-9(11)12/h8H,1,4-6H2,2-3H3,(H,11,12). The van der Waals surface area contributed by atoms with Crippen molar-refractivity contribution < 1.29 is 9.90 Å². The highest BCUT2D eigenvalue weighted by atomic mass is 16.4. The number of hydrogen-bond donors (Lipinski definition) is 1. The molecular weight excluding hydrogens is 152 g/mol. The van der Waals surface area contributed by atoms with E-state index in [9.17, 15) is 4.79 Å². The number of carboxylic acid groups (broad SMARTS) is 1. The lowest BCUT2D eigenvalue weighted by Crippen LogP contribution is -2.39. The van der Waals surface area contributed by atoms with E-state index in [0.29, 0.717) is 5.92 Å². The molecule has 2 unspecified atom stereocenters. The van der Waals surface area contributed by atoms with Gasteiger partial charge in [-0.05, 0) is 31.1 Å². The van der Waals surface area contributed by atoms with Gasteiger partial charge in [-0.15, -0.1) is 0 Å². The highest BCUT2D eigenvalue weighted by molar-refractivity contribution is 5.68. The second-order valence-corrected chi connectivity index (χ2v) is 4.16. The van der Waals surface area contributed by atoms with Gasteiger partial charge in [-0.1, -0.05) is 19.1 Å². The highest BCUT2D eigenvalue weighted by Crippen LogP contribution is 2.51. The van der Waals surface area contributed by atoms with E-state index in [2.05, 4.69) is 6.58 Å². The monoisotopic (exact) mass is 168 g/mol.